The van der Waals surface area contributed by atoms with E-state index in [4.69, 9.17) is 0 Å². The highest BCUT2D eigenvalue weighted by atomic mass is 32.2. The lowest BCUT2D eigenvalue weighted by molar-refractivity contribution is 0.305. The summed E-state index contributed by atoms with van der Waals surface area (Å²) < 4.78 is 56.3. The predicted molar refractivity (Wildman–Crippen MR) is 146 cm³/mol. The Balaban J connectivity index is 1.39. The smallest absolute Gasteiger partial charge is 0.271 e. The van der Waals surface area contributed by atoms with Crippen molar-refractivity contribution in [2.24, 2.45) is 5.92 Å². The molecular weight excluding hydrogens is 515 g/mol. The van der Waals surface area contributed by atoms with Crippen molar-refractivity contribution in [3.05, 3.63) is 71.6 Å². The second kappa shape index (κ2) is 11.8. The Hall–Kier alpha value is -2.40. The molecular formula is C26H33N3O4S3. The fourth-order valence-electron chi connectivity index (χ4n) is 4.59. The molecule has 0 bridgehead atoms. The second-order valence-corrected chi connectivity index (χ2v) is 13.9. The van der Waals surface area contributed by atoms with Crippen LogP contribution in [0.15, 0.2) is 75.1 Å². The number of hydrogen-bond donors (Lipinski definition) is 3. The van der Waals surface area contributed by atoms with Crippen LogP contribution < -0.4 is 14.8 Å². The van der Waals surface area contributed by atoms with E-state index in [1.54, 1.807) is 23.6 Å². The first-order chi connectivity index (χ1) is 17.2. The maximum absolute atomic E-state index is 13.1. The van der Waals surface area contributed by atoms with E-state index >= 15 is 0 Å². The highest BCUT2D eigenvalue weighted by molar-refractivity contribution is 7.94. The fourth-order valence-corrected chi connectivity index (χ4v) is 7.74. The zero-order valence-corrected chi connectivity index (χ0v) is 22.8. The summed E-state index contributed by atoms with van der Waals surface area (Å²) in [5, 5.41) is 5.23. The van der Waals surface area contributed by atoms with Gasteiger partial charge in [0.2, 0.25) is 0 Å². The summed E-state index contributed by atoms with van der Waals surface area (Å²) in [6.45, 7) is 2.76. The molecule has 4 rings (SSSR count). The van der Waals surface area contributed by atoms with Gasteiger partial charge in [0.05, 0.1) is 10.6 Å². The first kappa shape index (κ1) is 26.7. The molecule has 0 aliphatic heterocycles. The van der Waals surface area contributed by atoms with Crippen molar-refractivity contribution < 1.29 is 16.8 Å². The van der Waals surface area contributed by atoms with Crippen molar-refractivity contribution in [1.29, 1.82) is 0 Å². The molecule has 0 spiro atoms. The van der Waals surface area contributed by atoms with Crippen molar-refractivity contribution >= 4 is 42.8 Å². The molecule has 3 N–H and O–H groups in total. The third kappa shape index (κ3) is 7.09. The Morgan fingerprint density at radius 3 is 2.28 bits per heavy atom. The first-order valence-corrected chi connectivity index (χ1v) is 16.1. The molecule has 7 nitrogen and oxygen atoms in total. The number of sulfonamides is 2. The van der Waals surface area contributed by atoms with Crippen LogP contribution in [0.3, 0.4) is 0 Å². The maximum Gasteiger partial charge on any atom is 0.271 e. The summed E-state index contributed by atoms with van der Waals surface area (Å²) in [5.74, 6) is 0.771. The fraction of sp³-hybridized carbons (Fsp3) is 0.385. The molecule has 194 valence electrons. The van der Waals surface area contributed by atoms with Crippen molar-refractivity contribution in [1.82, 2.24) is 5.32 Å². The highest BCUT2D eigenvalue weighted by Gasteiger charge is 2.19. The molecule has 36 heavy (non-hydrogen) atoms. The van der Waals surface area contributed by atoms with E-state index in [0.717, 1.165) is 29.2 Å². The average molecular weight is 548 g/mol. The minimum atomic E-state index is -3.85. The van der Waals surface area contributed by atoms with E-state index in [-0.39, 0.29) is 9.10 Å². The van der Waals surface area contributed by atoms with Crippen LogP contribution >= 0.6 is 11.3 Å². The molecule has 3 aromatic rings. The Bertz CT molecular complexity index is 1330. The van der Waals surface area contributed by atoms with Gasteiger partial charge in [0, 0.05) is 18.3 Å². The summed E-state index contributed by atoms with van der Waals surface area (Å²) in [6, 6.07) is 16.6. The van der Waals surface area contributed by atoms with Gasteiger partial charge in [-0.3, -0.25) is 9.44 Å². The molecule has 0 unspecified atom stereocenters. The summed E-state index contributed by atoms with van der Waals surface area (Å²) in [5.41, 5.74) is 1.69. The van der Waals surface area contributed by atoms with E-state index in [9.17, 15) is 16.8 Å². The Morgan fingerprint density at radius 1 is 0.861 bits per heavy atom. The molecule has 2 aromatic carbocycles. The second-order valence-electron chi connectivity index (χ2n) is 9.35. The largest absolute Gasteiger partial charge is 0.310 e. The standard InChI is InChI=1S/C26H33N3O4S3/c1-20(18-21-8-3-2-4-9-21)27-19-22-10-5-6-11-25(22)29-35(30,31)24-15-13-23(14-16-24)28-36(32,33)26-12-7-17-34-26/h5-7,10-17,20-21,27-29H,2-4,8-9,18-19H2,1H3/t20-/m0/s1. The van der Waals surface area contributed by atoms with Crippen molar-refractivity contribution in [2.75, 3.05) is 9.44 Å². The SMILES string of the molecule is C[C@@H](CC1CCCCC1)NCc1ccccc1NS(=O)(=O)c1ccc(NS(=O)(=O)c2cccs2)cc1. The molecule has 1 fully saturated rings. The van der Waals surface area contributed by atoms with E-state index in [1.807, 2.05) is 12.1 Å². The van der Waals surface area contributed by atoms with Crippen molar-refractivity contribution in [3.8, 4) is 0 Å². The molecule has 1 aliphatic carbocycles. The van der Waals surface area contributed by atoms with Crippen LogP contribution in [0.4, 0.5) is 11.4 Å². The van der Waals surface area contributed by atoms with Crippen LogP contribution in [-0.4, -0.2) is 22.9 Å². The van der Waals surface area contributed by atoms with Crippen LogP contribution in [0.25, 0.3) is 0 Å². The monoisotopic (exact) mass is 547 g/mol. The van der Waals surface area contributed by atoms with E-state index in [0.29, 0.717) is 24.0 Å². The summed E-state index contributed by atoms with van der Waals surface area (Å²) in [4.78, 5) is 0.0509. The molecule has 0 radical (unpaired) electrons. The predicted octanol–water partition coefficient (Wildman–Crippen LogP) is 5.80. The van der Waals surface area contributed by atoms with Crippen molar-refractivity contribution in [3.63, 3.8) is 0 Å². The minimum Gasteiger partial charge on any atom is -0.310 e. The van der Waals surface area contributed by atoms with Crippen molar-refractivity contribution in [2.45, 2.75) is 67.1 Å². The molecule has 1 heterocycles. The van der Waals surface area contributed by atoms with Crippen LogP contribution in [0.1, 0.15) is 51.0 Å². The summed E-state index contributed by atoms with van der Waals surface area (Å²) in [6.07, 6.45) is 7.73. The van der Waals surface area contributed by atoms with E-state index < -0.39 is 20.0 Å². The van der Waals surface area contributed by atoms with Gasteiger partial charge in [-0.05, 0) is 66.6 Å². The topological polar surface area (TPSA) is 104 Å². The van der Waals surface area contributed by atoms with Gasteiger partial charge in [-0.15, -0.1) is 11.3 Å². The van der Waals surface area contributed by atoms with Gasteiger partial charge >= 0.3 is 0 Å². The molecule has 1 saturated carbocycles. The molecule has 1 aliphatic rings. The summed E-state index contributed by atoms with van der Waals surface area (Å²) in [7, 11) is -7.55. The van der Waals surface area contributed by atoms with Crippen LogP contribution in [0, 0.1) is 5.92 Å². The molecule has 1 aromatic heterocycles. The summed E-state index contributed by atoms with van der Waals surface area (Å²) >= 11 is 1.11. The Labute approximate surface area is 218 Å². The lowest BCUT2D eigenvalue weighted by Crippen LogP contribution is -2.29. The number of anilines is 2. The van der Waals surface area contributed by atoms with Crippen LogP contribution in [0.2, 0.25) is 0 Å². The molecule has 1 atom stereocenters. The molecule has 0 amide bonds. The maximum atomic E-state index is 13.1. The van der Waals surface area contributed by atoms with E-state index in [1.165, 1.54) is 62.4 Å². The number of nitrogens with one attached hydrogen (secondary N) is 3. The molecule has 0 saturated heterocycles. The third-order valence-electron chi connectivity index (χ3n) is 6.49. The third-order valence-corrected chi connectivity index (χ3v) is 10.7. The van der Waals surface area contributed by atoms with Gasteiger partial charge in [-0.1, -0.05) is 56.4 Å². The van der Waals surface area contributed by atoms with Gasteiger partial charge in [0.15, 0.2) is 0 Å². The number of hydrogen-bond acceptors (Lipinski definition) is 6. The highest BCUT2D eigenvalue weighted by Crippen LogP contribution is 2.28. The number of thiophene rings is 1. The zero-order chi connectivity index (χ0) is 25.6. The van der Waals surface area contributed by atoms with Crippen LogP contribution in [-0.2, 0) is 26.6 Å². The Kier molecular flexibility index (Phi) is 8.71. The number of rotatable bonds is 11. The zero-order valence-electron chi connectivity index (χ0n) is 20.3. The molecule has 10 heteroatoms. The lowest BCUT2D eigenvalue weighted by Gasteiger charge is -2.25. The van der Waals surface area contributed by atoms with E-state index in [2.05, 4.69) is 21.7 Å². The Morgan fingerprint density at radius 2 is 1.58 bits per heavy atom. The first-order valence-electron chi connectivity index (χ1n) is 12.2. The van der Waals surface area contributed by atoms with Gasteiger partial charge in [-0.25, -0.2) is 16.8 Å². The normalized spacial score (nSPS) is 15.9. The average Bonchev–Trinajstić information content (AvgIpc) is 3.40. The lowest BCUT2D eigenvalue weighted by atomic mass is 9.85. The number of benzene rings is 2. The minimum absolute atomic E-state index is 0.0509. The van der Waals surface area contributed by atoms with Crippen LogP contribution in [0.5, 0.6) is 0 Å². The number of para-hydroxylation sites is 1. The van der Waals surface area contributed by atoms with Gasteiger partial charge < -0.3 is 5.32 Å². The quantitative estimate of drug-likeness (QED) is 0.282. The van der Waals surface area contributed by atoms with Gasteiger partial charge in [-0.2, -0.15) is 0 Å². The van der Waals surface area contributed by atoms with Gasteiger partial charge in [0.25, 0.3) is 20.0 Å². The van der Waals surface area contributed by atoms with Gasteiger partial charge in [0.1, 0.15) is 4.21 Å².